The summed E-state index contributed by atoms with van der Waals surface area (Å²) in [7, 11) is 2.18. The molecule has 1 aromatic heterocycles. The van der Waals surface area contributed by atoms with E-state index in [9.17, 15) is 9.59 Å². The molecule has 1 saturated heterocycles. The molecule has 2 atom stereocenters. The highest BCUT2D eigenvalue weighted by molar-refractivity contribution is 5.94. The summed E-state index contributed by atoms with van der Waals surface area (Å²) < 4.78 is 5.30. The van der Waals surface area contributed by atoms with E-state index in [1.54, 1.807) is 0 Å². The van der Waals surface area contributed by atoms with Gasteiger partial charge in [-0.15, -0.1) is 0 Å². The molecule has 2 bridgehead atoms. The van der Waals surface area contributed by atoms with Crippen molar-refractivity contribution in [2.24, 2.45) is 0 Å². The number of amides is 2. The van der Waals surface area contributed by atoms with E-state index in [-0.39, 0.29) is 18.2 Å². The largest absolute Gasteiger partial charge is 0.361 e. The molecule has 0 aliphatic carbocycles. The molecule has 2 aliphatic rings. The highest BCUT2D eigenvalue weighted by Crippen LogP contribution is 2.30. The van der Waals surface area contributed by atoms with E-state index < -0.39 is 0 Å². The first kappa shape index (κ1) is 23.5. The number of aromatic nitrogens is 1. The number of carbonyl (C=O) groups is 2. The summed E-state index contributed by atoms with van der Waals surface area (Å²) in [5.74, 6) is 0.904. The van der Waals surface area contributed by atoms with E-state index >= 15 is 0 Å². The molecule has 3 heterocycles. The summed E-state index contributed by atoms with van der Waals surface area (Å²) in [5, 5.41) is 4.03. The lowest BCUT2D eigenvalue weighted by atomic mass is 9.93. The van der Waals surface area contributed by atoms with Crippen molar-refractivity contribution in [2.45, 2.75) is 77.9 Å². The van der Waals surface area contributed by atoms with Crippen LogP contribution in [0.2, 0.25) is 0 Å². The van der Waals surface area contributed by atoms with Crippen LogP contribution >= 0.6 is 0 Å². The minimum Gasteiger partial charge on any atom is -0.361 e. The van der Waals surface area contributed by atoms with Gasteiger partial charge in [0.2, 0.25) is 11.8 Å². The molecular formula is C26H36N4O3. The third-order valence-corrected chi connectivity index (χ3v) is 7.45. The monoisotopic (exact) mass is 452 g/mol. The lowest BCUT2D eigenvalue weighted by Crippen LogP contribution is -2.51. The van der Waals surface area contributed by atoms with Crippen LogP contribution in [0.3, 0.4) is 0 Å². The number of aryl methyl sites for hydroxylation is 2. The van der Waals surface area contributed by atoms with Crippen LogP contribution < -0.4 is 4.90 Å². The van der Waals surface area contributed by atoms with E-state index in [0.29, 0.717) is 43.9 Å². The molecule has 7 heteroatoms. The molecule has 2 aromatic rings. The first-order valence-corrected chi connectivity index (χ1v) is 12.2. The van der Waals surface area contributed by atoms with Crippen LogP contribution in [0.15, 0.2) is 28.8 Å². The van der Waals surface area contributed by atoms with Gasteiger partial charge in [0.25, 0.3) is 0 Å². The van der Waals surface area contributed by atoms with Gasteiger partial charge in [-0.2, -0.15) is 0 Å². The number of anilines is 1. The fourth-order valence-electron chi connectivity index (χ4n) is 5.35. The molecule has 0 saturated carbocycles. The number of likely N-dealkylation sites (N-methyl/N-ethyl adjacent to an activating group) is 1. The zero-order valence-electron chi connectivity index (χ0n) is 20.3. The van der Waals surface area contributed by atoms with Crippen LogP contribution in [-0.4, -0.2) is 59.0 Å². The lowest BCUT2D eigenvalue weighted by molar-refractivity contribution is -0.132. The van der Waals surface area contributed by atoms with Crippen molar-refractivity contribution >= 4 is 17.5 Å². The summed E-state index contributed by atoms with van der Waals surface area (Å²) in [6, 6.07) is 8.78. The topological polar surface area (TPSA) is 69.9 Å². The molecule has 7 nitrogen and oxygen atoms in total. The van der Waals surface area contributed by atoms with Crippen LogP contribution in [-0.2, 0) is 22.6 Å². The van der Waals surface area contributed by atoms with Gasteiger partial charge in [-0.3, -0.25) is 14.5 Å². The van der Waals surface area contributed by atoms with Crippen molar-refractivity contribution in [3.05, 3.63) is 46.8 Å². The summed E-state index contributed by atoms with van der Waals surface area (Å²) in [5.41, 5.74) is 3.60. The average Bonchev–Trinajstić information content (AvgIpc) is 3.12. The lowest BCUT2D eigenvalue weighted by Gasteiger charge is -2.42. The number of benzene rings is 1. The molecule has 0 radical (unpaired) electrons. The van der Waals surface area contributed by atoms with Crippen molar-refractivity contribution in [1.82, 2.24) is 15.0 Å². The normalized spacial score (nSPS) is 21.9. The van der Waals surface area contributed by atoms with E-state index in [2.05, 4.69) is 23.2 Å². The Morgan fingerprint density at radius 3 is 2.58 bits per heavy atom. The van der Waals surface area contributed by atoms with Crippen LogP contribution in [0.4, 0.5) is 5.69 Å². The fourth-order valence-corrected chi connectivity index (χ4v) is 5.35. The van der Waals surface area contributed by atoms with Crippen molar-refractivity contribution in [3.63, 3.8) is 0 Å². The Morgan fingerprint density at radius 2 is 1.85 bits per heavy atom. The Bertz CT molecular complexity index is 982. The molecule has 178 valence electrons. The Hall–Kier alpha value is -2.67. The Morgan fingerprint density at radius 1 is 1.09 bits per heavy atom. The van der Waals surface area contributed by atoms with E-state index in [0.717, 1.165) is 48.2 Å². The summed E-state index contributed by atoms with van der Waals surface area (Å²) in [6.45, 7) is 7.54. The summed E-state index contributed by atoms with van der Waals surface area (Å²) in [4.78, 5) is 32.9. The van der Waals surface area contributed by atoms with Crippen molar-refractivity contribution in [3.8, 4) is 0 Å². The number of carbonyl (C=O) groups excluding carboxylic acids is 2. The first-order chi connectivity index (χ1) is 15.9. The molecule has 1 aromatic carbocycles. The minimum absolute atomic E-state index is 0.0716. The highest BCUT2D eigenvalue weighted by atomic mass is 16.5. The first-order valence-electron chi connectivity index (χ1n) is 12.2. The molecule has 2 unspecified atom stereocenters. The van der Waals surface area contributed by atoms with Gasteiger partial charge in [0, 0.05) is 49.4 Å². The average molecular weight is 453 g/mol. The minimum atomic E-state index is 0.0716. The van der Waals surface area contributed by atoms with E-state index in [4.69, 9.17) is 4.52 Å². The number of hydrogen-bond donors (Lipinski definition) is 0. The van der Waals surface area contributed by atoms with Gasteiger partial charge in [-0.25, -0.2) is 0 Å². The van der Waals surface area contributed by atoms with Gasteiger partial charge in [0.1, 0.15) is 5.76 Å². The number of para-hydroxylation sites is 1. The van der Waals surface area contributed by atoms with E-state index in [1.165, 1.54) is 0 Å². The Balaban J connectivity index is 1.71. The molecule has 2 aliphatic heterocycles. The zero-order valence-corrected chi connectivity index (χ0v) is 20.3. The zero-order chi connectivity index (χ0) is 23.5. The van der Waals surface area contributed by atoms with Crippen LogP contribution in [0.5, 0.6) is 0 Å². The van der Waals surface area contributed by atoms with Crippen molar-refractivity contribution in [2.75, 3.05) is 25.0 Å². The molecule has 33 heavy (non-hydrogen) atoms. The second kappa shape index (κ2) is 10.1. The van der Waals surface area contributed by atoms with Crippen LogP contribution in [0.1, 0.15) is 61.6 Å². The van der Waals surface area contributed by atoms with Gasteiger partial charge < -0.3 is 14.3 Å². The molecule has 0 N–H and O–H groups in total. The summed E-state index contributed by atoms with van der Waals surface area (Å²) in [6.07, 6.45) is 5.06. The Kier molecular flexibility index (Phi) is 7.17. The molecular weight excluding hydrogens is 416 g/mol. The molecule has 2 amide bonds. The predicted molar refractivity (Wildman–Crippen MR) is 128 cm³/mol. The maximum absolute atomic E-state index is 13.6. The quantitative estimate of drug-likeness (QED) is 0.707. The fraction of sp³-hybridized carbons (Fsp3) is 0.577. The van der Waals surface area contributed by atoms with Crippen LogP contribution in [0.25, 0.3) is 0 Å². The Labute approximate surface area is 196 Å². The SMILES string of the molecule is CCC(=O)N1CCC2CCCC(CN(C(=O)Cc3c(C)noc3C)Cc3ccccc31)N2C. The van der Waals surface area contributed by atoms with Crippen LogP contribution in [0, 0.1) is 13.8 Å². The number of rotatable bonds is 3. The van der Waals surface area contributed by atoms with Gasteiger partial charge in [0.05, 0.1) is 12.1 Å². The predicted octanol–water partition coefficient (Wildman–Crippen LogP) is 3.86. The molecule has 0 spiro atoms. The number of nitrogens with zero attached hydrogens (tertiary/aromatic N) is 4. The van der Waals surface area contributed by atoms with Gasteiger partial charge >= 0.3 is 0 Å². The maximum atomic E-state index is 13.6. The highest BCUT2D eigenvalue weighted by Gasteiger charge is 2.33. The number of fused-ring (bicyclic) bond motifs is 3. The molecule has 1 fully saturated rings. The standard InChI is InChI=1S/C26H36N4O3/c1-5-25(31)30-14-13-21-10-8-11-22(28(21)4)17-29(16-20-9-6-7-12-24(20)30)26(32)15-23-18(2)27-33-19(23)3/h6-7,9,12,21-22H,5,8,10-11,13-17H2,1-4H3. The van der Waals surface area contributed by atoms with Gasteiger partial charge in [-0.05, 0) is 51.8 Å². The smallest absolute Gasteiger partial charge is 0.227 e. The second-order valence-corrected chi connectivity index (χ2v) is 9.47. The van der Waals surface area contributed by atoms with Gasteiger partial charge in [-0.1, -0.05) is 36.7 Å². The number of piperidine rings is 1. The number of hydrogen-bond acceptors (Lipinski definition) is 5. The third-order valence-electron chi connectivity index (χ3n) is 7.45. The van der Waals surface area contributed by atoms with E-state index in [1.807, 2.05) is 48.8 Å². The summed E-state index contributed by atoms with van der Waals surface area (Å²) >= 11 is 0. The second-order valence-electron chi connectivity index (χ2n) is 9.47. The van der Waals surface area contributed by atoms with Crippen molar-refractivity contribution in [1.29, 1.82) is 0 Å². The van der Waals surface area contributed by atoms with Gasteiger partial charge in [0.15, 0.2) is 0 Å². The molecule has 4 rings (SSSR count). The third kappa shape index (κ3) is 4.98. The van der Waals surface area contributed by atoms with Crippen molar-refractivity contribution < 1.29 is 14.1 Å². The maximum Gasteiger partial charge on any atom is 0.227 e.